The van der Waals surface area contributed by atoms with Crippen LogP contribution in [0.25, 0.3) is 0 Å². The molecule has 1 fully saturated rings. The molecule has 0 atom stereocenters. The van der Waals surface area contributed by atoms with Gasteiger partial charge in [0.2, 0.25) is 11.8 Å². The summed E-state index contributed by atoms with van der Waals surface area (Å²) >= 11 is 0. The quantitative estimate of drug-likeness (QED) is 0.291. The summed E-state index contributed by atoms with van der Waals surface area (Å²) in [6.07, 6.45) is 7.25. The summed E-state index contributed by atoms with van der Waals surface area (Å²) in [6.45, 7) is 2.71. The molecule has 0 saturated carbocycles. The minimum atomic E-state index is -0.309. The molecule has 0 bridgehead atoms. The Morgan fingerprint density at radius 2 is 1.79 bits per heavy atom. The van der Waals surface area contributed by atoms with E-state index in [1.54, 1.807) is 13.0 Å². The molecule has 0 aliphatic carbocycles. The Hall–Kier alpha value is -1.65. The number of unbranched alkanes of at least 4 members (excludes halogenated alkanes) is 3. The summed E-state index contributed by atoms with van der Waals surface area (Å²) in [5.41, 5.74) is 0. The van der Waals surface area contributed by atoms with Gasteiger partial charge in [0.15, 0.2) is 0 Å². The minimum absolute atomic E-state index is 0.0507. The second-order valence-corrected chi connectivity index (χ2v) is 4.52. The van der Waals surface area contributed by atoms with Crippen LogP contribution in [0.5, 0.6) is 0 Å². The van der Waals surface area contributed by atoms with Gasteiger partial charge >= 0.3 is 5.97 Å². The molecule has 0 aromatic carbocycles. The monoisotopic (exact) mass is 267 g/mol. The van der Waals surface area contributed by atoms with Gasteiger partial charge in [0.25, 0.3) is 0 Å². The Morgan fingerprint density at radius 3 is 2.42 bits per heavy atom. The molecule has 1 rings (SSSR count). The van der Waals surface area contributed by atoms with Crippen molar-refractivity contribution in [3.05, 3.63) is 12.2 Å². The van der Waals surface area contributed by atoms with Crippen molar-refractivity contribution in [2.24, 2.45) is 0 Å². The Kier molecular flexibility index (Phi) is 6.85. The van der Waals surface area contributed by atoms with Crippen molar-refractivity contribution < 1.29 is 19.1 Å². The molecule has 2 amide bonds. The topological polar surface area (TPSA) is 63.7 Å². The van der Waals surface area contributed by atoms with Gasteiger partial charge in [-0.1, -0.05) is 12.5 Å². The number of hydrogen-bond acceptors (Lipinski definition) is 4. The number of amides is 2. The maximum absolute atomic E-state index is 11.3. The van der Waals surface area contributed by atoms with Crippen LogP contribution in [0.3, 0.4) is 0 Å². The lowest BCUT2D eigenvalue weighted by molar-refractivity contribution is -0.139. The minimum Gasteiger partial charge on any atom is -0.463 e. The zero-order chi connectivity index (χ0) is 14.1. The van der Waals surface area contributed by atoms with E-state index in [2.05, 4.69) is 0 Å². The lowest BCUT2D eigenvalue weighted by Crippen LogP contribution is -2.29. The molecule has 1 aliphatic heterocycles. The van der Waals surface area contributed by atoms with Gasteiger partial charge in [-0.3, -0.25) is 14.5 Å². The van der Waals surface area contributed by atoms with Crippen molar-refractivity contribution in [3.8, 4) is 0 Å². The lowest BCUT2D eigenvalue weighted by atomic mass is 10.2. The third-order valence-electron chi connectivity index (χ3n) is 2.98. The molecule has 1 saturated heterocycles. The van der Waals surface area contributed by atoms with E-state index >= 15 is 0 Å². The van der Waals surface area contributed by atoms with Crippen molar-refractivity contribution in [1.82, 2.24) is 4.90 Å². The number of imide groups is 1. The molecule has 1 aliphatic rings. The number of carbonyl (C=O) groups excluding carboxylic acids is 3. The van der Waals surface area contributed by atoms with E-state index < -0.39 is 0 Å². The predicted octanol–water partition coefficient (Wildman–Crippen LogP) is 1.82. The summed E-state index contributed by atoms with van der Waals surface area (Å²) in [5, 5.41) is 0. The first kappa shape index (κ1) is 15.4. The smallest absolute Gasteiger partial charge is 0.330 e. The molecule has 0 aromatic heterocycles. The first-order chi connectivity index (χ1) is 9.15. The summed E-state index contributed by atoms with van der Waals surface area (Å²) in [7, 11) is 0. The highest BCUT2D eigenvalue weighted by molar-refractivity contribution is 6.01. The number of nitrogens with zero attached hydrogens (tertiary/aromatic N) is 1. The van der Waals surface area contributed by atoms with E-state index in [1.165, 1.54) is 11.0 Å². The molecular formula is C14H21NO4. The Balaban J connectivity index is 1.98. The van der Waals surface area contributed by atoms with E-state index in [0.29, 0.717) is 26.0 Å². The number of hydrogen-bond donors (Lipinski definition) is 0. The van der Waals surface area contributed by atoms with Gasteiger partial charge in [-0.25, -0.2) is 4.79 Å². The van der Waals surface area contributed by atoms with Gasteiger partial charge in [0, 0.05) is 25.5 Å². The van der Waals surface area contributed by atoms with Gasteiger partial charge in [-0.2, -0.15) is 0 Å². The Morgan fingerprint density at radius 1 is 1.16 bits per heavy atom. The maximum atomic E-state index is 11.3. The molecule has 5 nitrogen and oxygen atoms in total. The molecule has 0 spiro atoms. The average Bonchev–Trinajstić information content (AvgIpc) is 2.69. The van der Waals surface area contributed by atoms with Crippen LogP contribution in [0.1, 0.15) is 45.4 Å². The van der Waals surface area contributed by atoms with Crippen molar-refractivity contribution in [1.29, 1.82) is 0 Å². The molecule has 0 aromatic rings. The highest BCUT2D eigenvalue weighted by Gasteiger charge is 2.27. The van der Waals surface area contributed by atoms with Crippen molar-refractivity contribution >= 4 is 17.8 Å². The van der Waals surface area contributed by atoms with Crippen molar-refractivity contribution in [2.45, 2.75) is 45.4 Å². The number of esters is 1. The standard InChI is InChI=1S/C14H21NO4/c1-2-7-14(18)19-11-6-4-3-5-10-15-12(16)8-9-13(15)17/h2,7H,3-6,8-11H2,1H3. The van der Waals surface area contributed by atoms with Crippen LogP contribution in [0.15, 0.2) is 12.2 Å². The van der Waals surface area contributed by atoms with Gasteiger partial charge in [-0.15, -0.1) is 0 Å². The van der Waals surface area contributed by atoms with Gasteiger partial charge < -0.3 is 4.74 Å². The third kappa shape index (κ3) is 5.68. The van der Waals surface area contributed by atoms with Crippen LogP contribution in [0, 0.1) is 0 Å². The molecular weight excluding hydrogens is 246 g/mol. The second kappa shape index (κ2) is 8.45. The van der Waals surface area contributed by atoms with Crippen LogP contribution in [0.4, 0.5) is 0 Å². The molecule has 5 heteroatoms. The molecule has 19 heavy (non-hydrogen) atoms. The van der Waals surface area contributed by atoms with Gasteiger partial charge in [0.05, 0.1) is 6.61 Å². The highest BCUT2D eigenvalue weighted by Crippen LogP contribution is 2.13. The number of rotatable bonds is 8. The summed E-state index contributed by atoms with van der Waals surface area (Å²) in [4.78, 5) is 35.0. The fourth-order valence-electron chi connectivity index (χ4n) is 1.95. The SMILES string of the molecule is CC=CC(=O)OCCCCCCN1C(=O)CCC1=O. The van der Waals surface area contributed by atoms with Crippen LogP contribution in [0.2, 0.25) is 0 Å². The predicted molar refractivity (Wildman–Crippen MR) is 70.2 cm³/mol. The summed E-state index contributed by atoms with van der Waals surface area (Å²) in [5.74, 6) is -0.411. The van der Waals surface area contributed by atoms with E-state index in [1.807, 2.05) is 0 Å². The van der Waals surface area contributed by atoms with E-state index in [9.17, 15) is 14.4 Å². The fourth-order valence-corrected chi connectivity index (χ4v) is 1.95. The third-order valence-corrected chi connectivity index (χ3v) is 2.98. The molecule has 0 unspecified atom stereocenters. The Labute approximate surface area is 113 Å². The van der Waals surface area contributed by atoms with Gasteiger partial charge in [-0.05, 0) is 26.2 Å². The van der Waals surface area contributed by atoms with Crippen molar-refractivity contribution in [2.75, 3.05) is 13.2 Å². The number of ether oxygens (including phenoxy) is 1. The van der Waals surface area contributed by atoms with Crippen LogP contribution < -0.4 is 0 Å². The molecule has 106 valence electrons. The highest BCUT2D eigenvalue weighted by atomic mass is 16.5. The zero-order valence-electron chi connectivity index (χ0n) is 11.4. The first-order valence-corrected chi connectivity index (χ1v) is 6.78. The zero-order valence-corrected chi connectivity index (χ0v) is 11.4. The van der Waals surface area contributed by atoms with E-state index in [4.69, 9.17) is 4.74 Å². The molecule has 0 N–H and O–H groups in total. The maximum Gasteiger partial charge on any atom is 0.330 e. The summed E-state index contributed by atoms with van der Waals surface area (Å²) < 4.78 is 4.95. The van der Waals surface area contributed by atoms with Crippen molar-refractivity contribution in [3.63, 3.8) is 0 Å². The van der Waals surface area contributed by atoms with Crippen LogP contribution in [-0.2, 0) is 19.1 Å². The Bertz CT molecular complexity index is 346. The number of allylic oxidation sites excluding steroid dienone is 1. The van der Waals surface area contributed by atoms with Crippen LogP contribution >= 0.6 is 0 Å². The van der Waals surface area contributed by atoms with Crippen LogP contribution in [-0.4, -0.2) is 35.8 Å². The largest absolute Gasteiger partial charge is 0.463 e. The summed E-state index contributed by atoms with van der Waals surface area (Å²) in [6, 6.07) is 0. The molecule has 1 heterocycles. The normalized spacial score (nSPS) is 15.5. The number of carbonyl (C=O) groups is 3. The van der Waals surface area contributed by atoms with Gasteiger partial charge in [0.1, 0.15) is 0 Å². The lowest BCUT2D eigenvalue weighted by Gasteiger charge is -2.12. The number of likely N-dealkylation sites (tertiary alicyclic amines) is 1. The average molecular weight is 267 g/mol. The van der Waals surface area contributed by atoms with E-state index in [-0.39, 0.29) is 17.8 Å². The van der Waals surface area contributed by atoms with E-state index in [0.717, 1.165) is 25.7 Å². The fraction of sp³-hybridized carbons (Fsp3) is 0.643. The second-order valence-electron chi connectivity index (χ2n) is 4.52. The first-order valence-electron chi connectivity index (χ1n) is 6.78. The molecule has 0 radical (unpaired) electrons.